The molecular formula is C22H28N2O2S. The largest absolute Gasteiger partial charge is 0.486 e. The molecule has 4 heterocycles. The van der Waals surface area contributed by atoms with Crippen LogP contribution in [0.5, 0.6) is 11.5 Å². The van der Waals surface area contributed by atoms with Crippen LogP contribution in [0.2, 0.25) is 0 Å². The summed E-state index contributed by atoms with van der Waals surface area (Å²) in [5.41, 5.74) is 1.35. The number of thiophene rings is 1. The molecule has 0 saturated carbocycles. The first-order valence-electron chi connectivity index (χ1n) is 10.2. The maximum atomic E-state index is 5.77. The van der Waals surface area contributed by atoms with Gasteiger partial charge in [0.15, 0.2) is 11.5 Å². The van der Waals surface area contributed by atoms with E-state index in [1.165, 1.54) is 49.3 Å². The van der Waals surface area contributed by atoms with E-state index >= 15 is 0 Å². The molecule has 0 unspecified atom stereocenters. The quantitative estimate of drug-likeness (QED) is 0.795. The molecule has 0 aliphatic carbocycles. The van der Waals surface area contributed by atoms with Crippen LogP contribution in [0, 0.1) is 5.92 Å². The minimum Gasteiger partial charge on any atom is -0.486 e. The van der Waals surface area contributed by atoms with Crippen LogP contribution in [0.1, 0.15) is 29.7 Å². The fourth-order valence-electron chi connectivity index (χ4n) is 4.97. The van der Waals surface area contributed by atoms with Crippen molar-refractivity contribution in [2.75, 3.05) is 32.8 Å². The average Bonchev–Trinajstić information content (AvgIpc) is 3.21. The first kappa shape index (κ1) is 17.5. The molecule has 144 valence electrons. The van der Waals surface area contributed by atoms with Gasteiger partial charge in [-0.3, -0.25) is 9.80 Å². The van der Waals surface area contributed by atoms with E-state index in [0.29, 0.717) is 13.2 Å². The molecule has 2 atom stereocenters. The van der Waals surface area contributed by atoms with Gasteiger partial charge in [0.05, 0.1) is 0 Å². The van der Waals surface area contributed by atoms with Crippen molar-refractivity contribution in [2.45, 2.75) is 38.4 Å². The monoisotopic (exact) mass is 384 g/mol. The number of nitrogens with zero attached hydrogens (tertiary/aromatic N) is 2. The van der Waals surface area contributed by atoms with Crippen molar-refractivity contribution in [3.8, 4) is 11.5 Å². The third-order valence-electron chi connectivity index (χ3n) is 6.22. The van der Waals surface area contributed by atoms with Gasteiger partial charge in [-0.15, -0.1) is 11.3 Å². The SMILES string of the molecule is c1csc(CN2CC[C@@H]3[C@H](CCCN3Cc3ccc4c(c3)OCCO4)C2)c1. The molecule has 5 heteroatoms. The zero-order valence-electron chi connectivity index (χ0n) is 15.8. The minimum absolute atomic E-state index is 0.657. The van der Waals surface area contributed by atoms with E-state index in [1.54, 1.807) is 0 Å². The van der Waals surface area contributed by atoms with Crippen LogP contribution in [-0.2, 0) is 13.1 Å². The standard InChI is InChI=1S/C22H28N2O2S/c1-3-18-15-23(16-19-4-2-12-27-19)9-7-20(18)24(8-1)14-17-5-6-21-22(13-17)26-11-10-25-21/h2,4-6,12-13,18,20H,1,3,7-11,14-16H2/t18-,20-/m1/s1. The number of hydrogen-bond donors (Lipinski definition) is 0. The molecule has 5 rings (SSSR count). The second-order valence-electron chi connectivity index (χ2n) is 8.02. The predicted molar refractivity (Wildman–Crippen MR) is 109 cm³/mol. The summed E-state index contributed by atoms with van der Waals surface area (Å²) < 4.78 is 11.4. The first-order valence-corrected chi connectivity index (χ1v) is 11.1. The molecule has 0 amide bonds. The second-order valence-corrected chi connectivity index (χ2v) is 9.05. The normalized spacial score (nSPS) is 25.9. The first-order chi connectivity index (χ1) is 13.3. The van der Waals surface area contributed by atoms with Gasteiger partial charge >= 0.3 is 0 Å². The van der Waals surface area contributed by atoms with E-state index in [-0.39, 0.29) is 0 Å². The number of benzene rings is 1. The maximum Gasteiger partial charge on any atom is 0.161 e. The zero-order valence-corrected chi connectivity index (χ0v) is 16.6. The van der Waals surface area contributed by atoms with Crippen LogP contribution >= 0.6 is 11.3 Å². The number of fused-ring (bicyclic) bond motifs is 2. The van der Waals surface area contributed by atoms with Crippen molar-refractivity contribution in [3.05, 3.63) is 46.2 Å². The summed E-state index contributed by atoms with van der Waals surface area (Å²) in [4.78, 5) is 6.89. The Morgan fingerprint density at radius 3 is 2.81 bits per heavy atom. The number of likely N-dealkylation sites (tertiary alicyclic amines) is 2. The summed E-state index contributed by atoms with van der Waals surface area (Å²) in [6.45, 7) is 7.17. The number of hydrogen-bond acceptors (Lipinski definition) is 5. The zero-order chi connectivity index (χ0) is 18.1. The summed E-state index contributed by atoms with van der Waals surface area (Å²) in [7, 11) is 0. The Labute approximate surface area is 165 Å². The van der Waals surface area contributed by atoms with Crippen molar-refractivity contribution in [1.29, 1.82) is 0 Å². The molecule has 1 aromatic carbocycles. The Kier molecular flexibility index (Phi) is 5.08. The van der Waals surface area contributed by atoms with Crippen LogP contribution in [0.3, 0.4) is 0 Å². The Bertz CT molecular complexity index is 764. The molecule has 2 saturated heterocycles. The van der Waals surface area contributed by atoms with Crippen molar-refractivity contribution in [1.82, 2.24) is 9.80 Å². The smallest absolute Gasteiger partial charge is 0.161 e. The van der Waals surface area contributed by atoms with Crippen LogP contribution in [-0.4, -0.2) is 48.7 Å². The molecule has 27 heavy (non-hydrogen) atoms. The highest BCUT2D eigenvalue weighted by Gasteiger charge is 2.35. The third-order valence-corrected chi connectivity index (χ3v) is 7.08. The van der Waals surface area contributed by atoms with Crippen molar-refractivity contribution < 1.29 is 9.47 Å². The molecule has 0 radical (unpaired) electrons. The molecule has 3 aliphatic rings. The highest BCUT2D eigenvalue weighted by atomic mass is 32.1. The number of rotatable bonds is 4. The van der Waals surface area contributed by atoms with Gasteiger partial charge in [-0.25, -0.2) is 0 Å². The van der Waals surface area contributed by atoms with Gasteiger partial charge < -0.3 is 9.47 Å². The molecule has 1 aromatic heterocycles. The van der Waals surface area contributed by atoms with E-state index in [2.05, 4.69) is 45.5 Å². The van der Waals surface area contributed by atoms with Gasteiger partial charge in [0.1, 0.15) is 13.2 Å². The van der Waals surface area contributed by atoms with Crippen molar-refractivity contribution in [3.63, 3.8) is 0 Å². The predicted octanol–water partition coefficient (Wildman–Crippen LogP) is 4.01. The summed E-state index contributed by atoms with van der Waals surface area (Å²) in [5, 5.41) is 2.19. The molecule has 0 bridgehead atoms. The molecule has 2 fully saturated rings. The Morgan fingerprint density at radius 1 is 1.00 bits per heavy atom. The van der Waals surface area contributed by atoms with Gasteiger partial charge in [0, 0.05) is 37.1 Å². The average molecular weight is 385 g/mol. The van der Waals surface area contributed by atoms with Crippen molar-refractivity contribution in [2.24, 2.45) is 5.92 Å². The topological polar surface area (TPSA) is 24.9 Å². The van der Waals surface area contributed by atoms with E-state index in [4.69, 9.17) is 9.47 Å². The van der Waals surface area contributed by atoms with Crippen LogP contribution in [0.15, 0.2) is 35.7 Å². The molecule has 4 nitrogen and oxygen atoms in total. The van der Waals surface area contributed by atoms with Crippen LogP contribution < -0.4 is 9.47 Å². The van der Waals surface area contributed by atoms with E-state index in [0.717, 1.165) is 36.5 Å². The lowest BCUT2D eigenvalue weighted by Crippen LogP contribution is -2.53. The lowest BCUT2D eigenvalue weighted by Gasteiger charge is -2.47. The minimum atomic E-state index is 0.657. The fraction of sp³-hybridized carbons (Fsp3) is 0.545. The highest BCUT2D eigenvalue weighted by molar-refractivity contribution is 7.09. The molecular weight excluding hydrogens is 356 g/mol. The Balaban J connectivity index is 1.24. The summed E-state index contributed by atoms with van der Waals surface area (Å²) in [5.74, 6) is 2.62. The van der Waals surface area contributed by atoms with E-state index in [1.807, 2.05) is 11.3 Å². The third kappa shape index (κ3) is 3.86. The lowest BCUT2D eigenvalue weighted by molar-refractivity contribution is 0.0159. The maximum absolute atomic E-state index is 5.77. The van der Waals surface area contributed by atoms with Gasteiger partial charge in [-0.1, -0.05) is 12.1 Å². The summed E-state index contributed by atoms with van der Waals surface area (Å²) in [6, 6.07) is 11.6. The molecule has 0 spiro atoms. The van der Waals surface area contributed by atoms with E-state index < -0.39 is 0 Å². The Morgan fingerprint density at radius 2 is 1.93 bits per heavy atom. The number of ether oxygens (including phenoxy) is 2. The second kappa shape index (κ2) is 7.82. The summed E-state index contributed by atoms with van der Waals surface area (Å²) in [6.07, 6.45) is 3.99. The van der Waals surface area contributed by atoms with Gasteiger partial charge in [-0.2, -0.15) is 0 Å². The van der Waals surface area contributed by atoms with Crippen LogP contribution in [0.4, 0.5) is 0 Å². The van der Waals surface area contributed by atoms with Crippen LogP contribution in [0.25, 0.3) is 0 Å². The fourth-order valence-corrected chi connectivity index (χ4v) is 5.71. The van der Waals surface area contributed by atoms with Gasteiger partial charge in [0.25, 0.3) is 0 Å². The highest BCUT2D eigenvalue weighted by Crippen LogP contribution is 2.35. The Hall–Kier alpha value is -1.56. The molecule has 3 aliphatic heterocycles. The van der Waals surface area contributed by atoms with Gasteiger partial charge in [0.2, 0.25) is 0 Å². The van der Waals surface area contributed by atoms with E-state index in [9.17, 15) is 0 Å². The molecule has 0 N–H and O–H groups in total. The lowest BCUT2D eigenvalue weighted by atomic mass is 9.83. The summed E-state index contributed by atoms with van der Waals surface area (Å²) >= 11 is 1.89. The van der Waals surface area contributed by atoms with Gasteiger partial charge in [-0.05, 0) is 60.9 Å². The molecule has 2 aromatic rings. The van der Waals surface area contributed by atoms with Crippen molar-refractivity contribution >= 4 is 11.3 Å². The number of piperidine rings is 2.